The highest BCUT2D eigenvalue weighted by atomic mass is 16.5. The van der Waals surface area contributed by atoms with Gasteiger partial charge >= 0.3 is 0 Å². The molecule has 0 bridgehead atoms. The lowest BCUT2D eigenvalue weighted by Gasteiger charge is -2.31. The molecule has 1 aromatic carbocycles. The van der Waals surface area contributed by atoms with E-state index in [0.29, 0.717) is 5.92 Å². The van der Waals surface area contributed by atoms with Gasteiger partial charge in [0.15, 0.2) is 5.82 Å². The molecule has 0 radical (unpaired) electrons. The molecular weight excluding hydrogens is 368 g/mol. The molecule has 154 valence electrons. The van der Waals surface area contributed by atoms with Gasteiger partial charge in [-0.3, -0.25) is 4.90 Å². The lowest BCUT2D eigenvalue weighted by molar-refractivity contribution is 0.0778. The van der Waals surface area contributed by atoms with Crippen LogP contribution in [0.2, 0.25) is 0 Å². The molecular formula is C22H28N4O3. The van der Waals surface area contributed by atoms with Crippen molar-refractivity contribution in [2.24, 2.45) is 7.05 Å². The molecule has 0 amide bonds. The summed E-state index contributed by atoms with van der Waals surface area (Å²) in [6, 6.07) is 8.40. The van der Waals surface area contributed by atoms with E-state index < -0.39 is 0 Å². The fraction of sp³-hybridized carbons (Fsp3) is 0.545. The number of likely N-dealkylation sites (tertiary alicyclic amines) is 1. The zero-order valence-corrected chi connectivity index (χ0v) is 16.9. The second-order valence-corrected chi connectivity index (χ2v) is 8.14. The Balaban J connectivity index is 1.15. The third-order valence-corrected chi connectivity index (χ3v) is 6.14. The van der Waals surface area contributed by atoms with Crippen molar-refractivity contribution in [3.8, 4) is 5.75 Å². The highest BCUT2D eigenvalue weighted by Gasteiger charge is 2.25. The van der Waals surface area contributed by atoms with Gasteiger partial charge in [0.25, 0.3) is 0 Å². The van der Waals surface area contributed by atoms with E-state index in [1.807, 2.05) is 0 Å². The van der Waals surface area contributed by atoms with Gasteiger partial charge in [-0.1, -0.05) is 11.2 Å². The summed E-state index contributed by atoms with van der Waals surface area (Å²) in [7, 11) is 2.07. The Morgan fingerprint density at radius 3 is 2.76 bits per heavy atom. The minimum absolute atomic E-state index is 0.250. The average Bonchev–Trinajstić information content (AvgIpc) is 3.38. The number of aromatic nitrogens is 3. The Labute approximate surface area is 170 Å². The van der Waals surface area contributed by atoms with Crippen LogP contribution in [0.25, 0.3) is 10.9 Å². The van der Waals surface area contributed by atoms with Gasteiger partial charge in [0.05, 0.1) is 12.1 Å². The first-order chi connectivity index (χ1) is 14.3. The number of piperidine rings is 1. The third kappa shape index (κ3) is 4.02. The molecule has 29 heavy (non-hydrogen) atoms. The molecule has 0 unspecified atom stereocenters. The maximum absolute atomic E-state index is 6.36. The molecule has 2 fully saturated rings. The highest BCUT2D eigenvalue weighted by Crippen LogP contribution is 2.29. The van der Waals surface area contributed by atoms with Gasteiger partial charge in [-0.2, -0.15) is 4.98 Å². The minimum Gasteiger partial charge on any atom is -0.490 e. The normalized spacial score (nSPS) is 19.8. The first-order valence-corrected chi connectivity index (χ1v) is 10.6. The number of benzene rings is 1. The number of hydrogen-bond acceptors (Lipinski definition) is 6. The van der Waals surface area contributed by atoms with Crippen molar-refractivity contribution in [1.82, 2.24) is 19.6 Å². The average molecular weight is 396 g/mol. The van der Waals surface area contributed by atoms with Gasteiger partial charge in [-0.15, -0.1) is 0 Å². The molecule has 7 nitrogen and oxygen atoms in total. The van der Waals surface area contributed by atoms with Crippen LogP contribution in [0.1, 0.15) is 43.3 Å². The summed E-state index contributed by atoms with van der Waals surface area (Å²) >= 11 is 0. The second-order valence-electron chi connectivity index (χ2n) is 8.14. The number of fused-ring (bicyclic) bond motifs is 1. The monoisotopic (exact) mass is 396 g/mol. The summed E-state index contributed by atoms with van der Waals surface area (Å²) in [6.07, 6.45) is 6.29. The fourth-order valence-electron chi connectivity index (χ4n) is 4.38. The molecule has 3 aromatic rings. The maximum Gasteiger partial charge on any atom is 0.229 e. The number of aryl methyl sites for hydroxylation is 1. The van der Waals surface area contributed by atoms with Crippen molar-refractivity contribution in [3.63, 3.8) is 0 Å². The van der Waals surface area contributed by atoms with E-state index in [-0.39, 0.29) is 6.10 Å². The first-order valence-electron chi connectivity index (χ1n) is 10.6. The largest absolute Gasteiger partial charge is 0.490 e. The standard InChI is InChI=1S/C22H28N4O3/c1-25-10-7-18-19(25)3-2-4-20(18)28-17-5-11-26(12-6-17)15-21-23-22(29-24-21)16-8-13-27-14-9-16/h2-4,7,10,16-17H,5-6,8-9,11-15H2,1H3. The van der Waals surface area contributed by atoms with Crippen molar-refractivity contribution in [3.05, 3.63) is 42.2 Å². The van der Waals surface area contributed by atoms with E-state index in [1.54, 1.807) is 0 Å². The number of nitrogens with zero attached hydrogens (tertiary/aromatic N) is 4. The van der Waals surface area contributed by atoms with E-state index >= 15 is 0 Å². The van der Waals surface area contributed by atoms with Gasteiger partial charge in [0.2, 0.25) is 5.89 Å². The highest BCUT2D eigenvalue weighted by molar-refractivity contribution is 5.86. The smallest absolute Gasteiger partial charge is 0.229 e. The van der Waals surface area contributed by atoms with Crippen LogP contribution in [0.15, 0.2) is 35.0 Å². The molecule has 2 saturated heterocycles. The number of hydrogen-bond donors (Lipinski definition) is 0. The van der Waals surface area contributed by atoms with Gasteiger partial charge in [0, 0.05) is 50.9 Å². The molecule has 0 spiro atoms. The second kappa shape index (κ2) is 8.16. The molecule has 0 N–H and O–H groups in total. The van der Waals surface area contributed by atoms with Crippen molar-refractivity contribution >= 4 is 10.9 Å². The first kappa shape index (κ1) is 18.6. The Morgan fingerprint density at radius 1 is 1.10 bits per heavy atom. The van der Waals surface area contributed by atoms with Gasteiger partial charge in [-0.05, 0) is 43.9 Å². The topological polar surface area (TPSA) is 65.5 Å². The Bertz CT molecular complexity index is 952. The van der Waals surface area contributed by atoms with E-state index in [2.05, 4.69) is 57.1 Å². The summed E-state index contributed by atoms with van der Waals surface area (Å²) in [6.45, 7) is 4.28. The predicted molar refractivity (Wildman–Crippen MR) is 109 cm³/mol. The van der Waals surface area contributed by atoms with Gasteiger partial charge in [0.1, 0.15) is 11.9 Å². The summed E-state index contributed by atoms with van der Waals surface area (Å²) < 4.78 is 19.4. The zero-order valence-electron chi connectivity index (χ0n) is 16.9. The molecule has 2 aliphatic heterocycles. The van der Waals surface area contributed by atoms with Crippen LogP contribution in [-0.4, -0.2) is 52.0 Å². The summed E-state index contributed by atoms with van der Waals surface area (Å²) in [4.78, 5) is 7.03. The summed E-state index contributed by atoms with van der Waals surface area (Å²) in [5.74, 6) is 2.91. The number of ether oxygens (including phenoxy) is 2. The summed E-state index contributed by atoms with van der Waals surface area (Å²) in [5, 5.41) is 5.39. The van der Waals surface area contributed by atoms with E-state index in [0.717, 1.165) is 76.0 Å². The van der Waals surface area contributed by atoms with Crippen LogP contribution in [-0.2, 0) is 18.3 Å². The Hall–Kier alpha value is -2.38. The van der Waals surface area contributed by atoms with E-state index in [4.69, 9.17) is 14.0 Å². The molecule has 0 aliphatic carbocycles. The third-order valence-electron chi connectivity index (χ3n) is 6.14. The van der Waals surface area contributed by atoms with Crippen molar-refractivity contribution in [1.29, 1.82) is 0 Å². The van der Waals surface area contributed by atoms with Crippen molar-refractivity contribution < 1.29 is 14.0 Å². The zero-order chi connectivity index (χ0) is 19.6. The van der Waals surface area contributed by atoms with Crippen LogP contribution in [0.4, 0.5) is 0 Å². The fourth-order valence-corrected chi connectivity index (χ4v) is 4.38. The van der Waals surface area contributed by atoms with Crippen molar-refractivity contribution in [2.75, 3.05) is 26.3 Å². The summed E-state index contributed by atoms with van der Waals surface area (Å²) in [5.41, 5.74) is 1.21. The predicted octanol–water partition coefficient (Wildman–Crippen LogP) is 3.50. The number of rotatable bonds is 5. The van der Waals surface area contributed by atoms with Crippen molar-refractivity contribution in [2.45, 2.75) is 44.2 Å². The molecule has 0 atom stereocenters. The van der Waals surface area contributed by atoms with Crippen LogP contribution in [0.3, 0.4) is 0 Å². The van der Waals surface area contributed by atoms with Crippen LogP contribution in [0, 0.1) is 0 Å². The quantitative estimate of drug-likeness (QED) is 0.658. The SMILES string of the molecule is Cn1ccc2c(OC3CCN(Cc4noc(C5CCOCC5)n4)CC3)cccc21. The maximum atomic E-state index is 6.36. The molecule has 2 aromatic heterocycles. The molecule has 7 heteroatoms. The van der Waals surface area contributed by atoms with E-state index in [1.165, 1.54) is 10.9 Å². The lowest BCUT2D eigenvalue weighted by Crippen LogP contribution is -2.38. The van der Waals surface area contributed by atoms with Crippen LogP contribution in [0.5, 0.6) is 5.75 Å². The minimum atomic E-state index is 0.250. The van der Waals surface area contributed by atoms with Crippen LogP contribution < -0.4 is 4.74 Å². The molecule has 5 rings (SSSR count). The lowest BCUT2D eigenvalue weighted by atomic mass is 10.0. The Kier molecular flexibility index (Phi) is 5.24. The molecule has 0 saturated carbocycles. The molecule has 4 heterocycles. The molecule has 2 aliphatic rings. The van der Waals surface area contributed by atoms with Gasteiger partial charge < -0.3 is 18.6 Å². The van der Waals surface area contributed by atoms with Crippen LogP contribution >= 0.6 is 0 Å². The van der Waals surface area contributed by atoms with Gasteiger partial charge in [-0.25, -0.2) is 0 Å². The van der Waals surface area contributed by atoms with E-state index in [9.17, 15) is 0 Å². The Morgan fingerprint density at radius 2 is 1.93 bits per heavy atom.